The van der Waals surface area contributed by atoms with Gasteiger partial charge in [0.2, 0.25) is 0 Å². The van der Waals surface area contributed by atoms with E-state index in [2.05, 4.69) is 46.9 Å². The molecule has 0 radical (unpaired) electrons. The first-order chi connectivity index (χ1) is 13.8. The SMILES string of the molecule is CC(C)(C)C(=O)/C=C(\O)C(C)(C)C.Cc1nc2c(n1C)-c1cccc3cc[c-]c-2c13.[Pt]. The van der Waals surface area contributed by atoms with Crippen molar-refractivity contribution < 1.29 is 31.0 Å². The molecule has 0 fully saturated rings. The first-order valence-corrected chi connectivity index (χ1v) is 10.3. The predicted octanol–water partition coefficient (Wildman–Crippen LogP) is 6.42. The predicted molar refractivity (Wildman–Crippen MR) is 123 cm³/mol. The van der Waals surface area contributed by atoms with E-state index < -0.39 is 5.41 Å². The molecule has 31 heavy (non-hydrogen) atoms. The molecule has 1 aromatic heterocycles. The molecule has 168 valence electrons. The summed E-state index contributed by atoms with van der Waals surface area (Å²) in [5.41, 5.74) is 3.98. The second-order valence-corrected chi connectivity index (χ2v) is 9.93. The average Bonchev–Trinajstić information content (AvgIpc) is 3.11. The summed E-state index contributed by atoms with van der Waals surface area (Å²) in [6.45, 7) is 13.2. The molecule has 0 saturated carbocycles. The molecular weight excluding hydrogens is 567 g/mol. The van der Waals surface area contributed by atoms with Gasteiger partial charge >= 0.3 is 0 Å². The van der Waals surface area contributed by atoms with E-state index in [1.165, 1.54) is 28.1 Å². The number of hydrogen-bond donors (Lipinski definition) is 1. The summed E-state index contributed by atoms with van der Waals surface area (Å²) in [6, 6.07) is 13.9. The molecule has 2 aromatic carbocycles. The third-order valence-electron chi connectivity index (χ3n) is 5.42. The summed E-state index contributed by atoms with van der Waals surface area (Å²) >= 11 is 0. The van der Waals surface area contributed by atoms with Gasteiger partial charge in [0, 0.05) is 56.4 Å². The Morgan fingerprint density at radius 3 is 2.32 bits per heavy atom. The van der Waals surface area contributed by atoms with Crippen LogP contribution in [0.25, 0.3) is 33.3 Å². The van der Waals surface area contributed by atoms with Crippen LogP contribution in [0.3, 0.4) is 0 Å². The zero-order chi connectivity index (χ0) is 22.4. The third-order valence-corrected chi connectivity index (χ3v) is 5.42. The molecule has 1 heterocycles. The van der Waals surface area contributed by atoms with E-state index >= 15 is 0 Å². The summed E-state index contributed by atoms with van der Waals surface area (Å²) in [6.07, 6.45) is 1.33. The van der Waals surface area contributed by atoms with Crippen LogP contribution in [0.1, 0.15) is 47.4 Å². The van der Waals surface area contributed by atoms with Crippen molar-refractivity contribution in [3.8, 4) is 22.5 Å². The molecule has 0 saturated heterocycles. The van der Waals surface area contributed by atoms with Crippen molar-refractivity contribution in [3.63, 3.8) is 0 Å². The Bertz CT molecular complexity index is 1150. The van der Waals surface area contributed by atoms with Gasteiger partial charge in [-0.15, -0.1) is 29.1 Å². The van der Waals surface area contributed by atoms with Gasteiger partial charge in [0.25, 0.3) is 0 Å². The number of imidazole rings is 1. The fourth-order valence-electron chi connectivity index (χ4n) is 3.31. The second-order valence-electron chi connectivity index (χ2n) is 9.93. The molecule has 1 aliphatic rings. The Kier molecular flexibility index (Phi) is 7.07. The van der Waals surface area contributed by atoms with Crippen LogP contribution < -0.4 is 0 Å². The number of carbonyl (C=O) groups is 1. The van der Waals surface area contributed by atoms with Gasteiger partial charge in [0.05, 0.1) is 5.82 Å². The maximum absolute atomic E-state index is 11.5. The average molecular weight is 599 g/mol. The molecule has 0 atom stereocenters. The number of allylic oxidation sites excluding steroid dienone is 2. The van der Waals surface area contributed by atoms with Crippen LogP contribution in [0.4, 0.5) is 0 Å². The van der Waals surface area contributed by atoms with Crippen molar-refractivity contribution in [2.45, 2.75) is 48.5 Å². The Morgan fingerprint density at radius 1 is 1.10 bits per heavy atom. The van der Waals surface area contributed by atoms with E-state index in [0.29, 0.717) is 0 Å². The number of nitrogens with zero attached hydrogens (tertiary/aromatic N) is 2. The number of aliphatic hydroxyl groups is 1. The number of carbonyl (C=O) groups excluding carboxylic acids is 1. The number of aryl methyl sites for hydroxylation is 1. The molecule has 0 spiro atoms. The van der Waals surface area contributed by atoms with Gasteiger partial charge in [-0.25, -0.2) is 0 Å². The van der Waals surface area contributed by atoms with Gasteiger partial charge in [-0.05, 0) is 12.5 Å². The fourth-order valence-corrected chi connectivity index (χ4v) is 3.31. The number of benzene rings is 2. The van der Waals surface area contributed by atoms with Crippen LogP contribution in [-0.4, -0.2) is 20.4 Å². The Morgan fingerprint density at radius 2 is 1.74 bits per heavy atom. The number of aliphatic hydroxyl groups excluding tert-OH is 1. The van der Waals surface area contributed by atoms with E-state index in [0.717, 1.165) is 17.1 Å². The van der Waals surface area contributed by atoms with E-state index in [4.69, 9.17) is 0 Å². The monoisotopic (exact) mass is 598 g/mol. The molecule has 0 amide bonds. The largest absolute Gasteiger partial charge is 0.512 e. The van der Waals surface area contributed by atoms with E-state index in [-0.39, 0.29) is 38.0 Å². The number of hydrogen-bond acceptors (Lipinski definition) is 3. The Labute approximate surface area is 199 Å². The fraction of sp³-hybridized carbons (Fsp3) is 0.385. The van der Waals surface area contributed by atoms with E-state index in [9.17, 15) is 9.90 Å². The van der Waals surface area contributed by atoms with Crippen molar-refractivity contribution in [2.75, 3.05) is 0 Å². The van der Waals surface area contributed by atoms with Crippen LogP contribution in [0, 0.1) is 23.8 Å². The second kappa shape index (κ2) is 8.74. The molecule has 3 aromatic rings. The standard InChI is InChI=1S/C15H11N2.C11H20O2.Pt/c1-9-16-14-11-7-3-5-10-6-4-8-12(13(10)11)15(14)17(9)2;1-10(2,3)8(12)7-9(13)11(4,5)6;/h3-6,8H,1-2H3;7,12H,1-6H3;/q-1;;/b;8-7-;. The van der Waals surface area contributed by atoms with Gasteiger partial charge in [0.1, 0.15) is 5.76 Å². The molecule has 0 bridgehead atoms. The molecule has 4 rings (SSSR count). The van der Waals surface area contributed by atoms with Gasteiger partial charge < -0.3 is 9.67 Å². The maximum atomic E-state index is 11.5. The molecular formula is C26H31N2O2Pt-. The van der Waals surface area contributed by atoms with Crippen molar-refractivity contribution in [2.24, 2.45) is 17.9 Å². The Hall–Kier alpha value is -2.19. The van der Waals surface area contributed by atoms with Crippen LogP contribution in [0.2, 0.25) is 0 Å². The minimum Gasteiger partial charge on any atom is -0.512 e. The van der Waals surface area contributed by atoms with Crippen LogP contribution in [0.5, 0.6) is 0 Å². The summed E-state index contributed by atoms with van der Waals surface area (Å²) < 4.78 is 2.16. The quantitative estimate of drug-likeness (QED) is 0.156. The van der Waals surface area contributed by atoms with E-state index in [1.54, 1.807) is 0 Å². The van der Waals surface area contributed by atoms with Crippen molar-refractivity contribution >= 4 is 16.6 Å². The number of rotatable bonds is 1. The molecule has 1 aliphatic carbocycles. The van der Waals surface area contributed by atoms with E-state index in [1.807, 2.05) is 54.5 Å². The first kappa shape index (κ1) is 25.1. The zero-order valence-electron chi connectivity index (χ0n) is 19.5. The molecule has 5 heteroatoms. The zero-order valence-corrected chi connectivity index (χ0v) is 21.8. The Balaban J connectivity index is 0.000000223. The normalized spacial score (nSPS) is 12.7. The molecule has 0 aliphatic heterocycles. The summed E-state index contributed by atoms with van der Waals surface area (Å²) in [4.78, 5) is 16.1. The third kappa shape index (κ3) is 4.85. The van der Waals surface area contributed by atoms with Gasteiger partial charge in [-0.2, -0.15) is 0 Å². The minimum atomic E-state index is -0.417. The van der Waals surface area contributed by atoms with Gasteiger partial charge in [-0.3, -0.25) is 9.78 Å². The molecule has 1 N–H and O–H groups in total. The number of ketones is 1. The molecule has 4 nitrogen and oxygen atoms in total. The summed E-state index contributed by atoms with van der Waals surface area (Å²) in [5, 5.41) is 12.1. The number of aromatic nitrogens is 2. The van der Waals surface area contributed by atoms with Crippen LogP contribution >= 0.6 is 0 Å². The van der Waals surface area contributed by atoms with Gasteiger partial charge in [-0.1, -0.05) is 65.1 Å². The minimum absolute atomic E-state index is 0. The molecule has 0 unspecified atom stereocenters. The van der Waals surface area contributed by atoms with Crippen molar-refractivity contribution in [1.82, 2.24) is 9.55 Å². The van der Waals surface area contributed by atoms with Crippen molar-refractivity contribution in [1.29, 1.82) is 0 Å². The summed E-state index contributed by atoms with van der Waals surface area (Å²) in [7, 11) is 2.08. The first-order valence-electron chi connectivity index (χ1n) is 10.3. The van der Waals surface area contributed by atoms with Gasteiger partial charge in [0.15, 0.2) is 5.78 Å². The number of fused-ring (bicyclic) bond motifs is 3. The smallest absolute Gasteiger partial charge is 0.164 e. The van der Waals surface area contributed by atoms with Crippen LogP contribution in [0.15, 0.2) is 42.2 Å². The topological polar surface area (TPSA) is 55.1 Å². The maximum Gasteiger partial charge on any atom is 0.164 e. The summed E-state index contributed by atoms with van der Waals surface area (Å²) in [5.74, 6) is 1.15. The van der Waals surface area contributed by atoms with Crippen LogP contribution in [-0.2, 0) is 32.9 Å². The van der Waals surface area contributed by atoms with Crippen molar-refractivity contribution in [3.05, 3.63) is 54.1 Å².